The Balaban J connectivity index is 2.36. The lowest BCUT2D eigenvalue weighted by molar-refractivity contribution is -0.143. The second kappa shape index (κ2) is 6.74. The number of carbonyl (C=O) groups excluding carboxylic acids is 2. The van der Waals surface area contributed by atoms with Crippen LogP contribution in [-0.4, -0.2) is 29.8 Å². The zero-order chi connectivity index (χ0) is 15.4. The zero-order valence-electron chi connectivity index (χ0n) is 13.1. The van der Waals surface area contributed by atoms with Crippen molar-refractivity contribution in [3.8, 4) is 0 Å². The highest BCUT2D eigenvalue weighted by Gasteiger charge is 2.39. The van der Waals surface area contributed by atoms with Gasteiger partial charge < -0.3 is 10.2 Å². The first-order chi connectivity index (χ1) is 10.1. The Morgan fingerprint density at radius 1 is 1.29 bits per heavy atom. The Hall–Kier alpha value is -1.84. The van der Waals surface area contributed by atoms with Gasteiger partial charge in [-0.3, -0.25) is 9.59 Å². The van der Waals surface area contributed by atoms with Gasteiger partial charge in [0.1, 0.15) is 0 Å². The molecule has 114 valence electrons. The van der Waals surface area contributed by atoms with E-state index in [0.29, 0.717) is 25.9 Å². The van der Waals surface area contributed by atoms with E-state index in [1.165, 1.54) is 5.56 Å². The summed E-state index contributed by atoms with van der Waals surface area (Å²) in [7, 11) is 0. The van der Waals surface area contributed by atoms with Crippen molar-refractivity contribution in [3.05, 3.63) is 35.4 Å². The fourth-order valence-corrected chi connectivity index (χ4v) is 3.08. The number of rotatable bonds is 4. The van der Waals surface area contributed by atoms with Gasteiger partial charge in [0.2, 0.25) is 11.8 Å². The number of carbonyl (C=O) groups is 2. The largest absolute Gasteiger partial charge is 0.356 e. The van der Waals surface area contributed by atoms with E-state index >= 15 is 0 Å². The molecule has 1 saturated heterocycles. The van der Waals surface area contributed by atoms with Crippen LogP contribution in [0.25, 0.3) is 0 Å². The van der Waals surface area contributed by atoms with Gasteiger partial charge in [-0.2, -0.15) is 0 Å². The molecule has 0 aromatic heterocycles. The van der Waals surface area contributed by atoms with E-state index in [9.17, 15) is 9.59 Å². The number of nitrogens with zero attached hydrogens (tertiary/aromatic N) is 1. The van der Waals surface area contributed by atoms with Crippen molar-refractivity contribution in [1.82, 2.24) is 10.2 Å². The molecule has 21 heavy (non-hydrogen) atoms. The second-order valence-electron chi connectivity index (χ2n) is 5.58. The third-order valence-electron chi connectivity index (χ3n) is 4.15. The number of likely N-dealkylation sites (tertiary alicyclic amines) is 1. The van der Waals surface area contributed by atoms with Crippen molar-refractivity contribution in [2.24, 2.45) is 5.92 Å². The van der Waals surface area contributed by atoms with E-state index in [-0.39, 0.29) is 23.8 Å². The maximum Gasteiger partial charge on any atom is 0.225 e. The Bertz CT molecular complexity index is 510. The van der Waals surface area contributed by atoms with Crippen molar-refractivity contribution in [1.29, 1.82) is 0 Å². The highest BCUT2D eigenvalue weighted by atomic mass is 16.2. The molecule has 1 aliphatic heterocycles. The van der Waals surface area contributed by atoms with E-state index in [1.807, 2.05) is 49.9 Å². The van der Waals surface area contributed by atoms with Crippen molar-refractivity contribution in [3.63, 3.8) is 0 Å². The molecule has 2 rings (SSSR count). The lowest BCUT2D eigenvalue weighted by atomic mass is 9.83. The van der Waals surface area contributed by atoms with Gasteiger partial charge >= 0.3 is 0 Å². The van der Waals surface area contributed by atoms with Crippen molar-refractivity contribution < 1.29 is 9.59 Å². The first-order valence-electron chi connectivity index (χ1n) is 7.72. The molecule has 1 aromatic carbocycles. The van der Waals surface area contributed by atoms with Gasteiger partial charge in [-0.25, -0.2) is 0 Å². The number of benzene rings is 1. The summed E-state index contributed by atoms with van der Waals surface area (Å²) in [5.74, 6) is 0.0305. The summed E-state index contributed by atoms with van der Waals surface area (Å²) in [5.41, 5.74) is 2.23. The molecule has 0 aliphatic carbocycles. The second-order valence-corrected chi connectivity index (χ2v) is 5.58. The Morgan fingerprint density at radius 3 is 2.52 bits per heavy atom. The molecule has 0 bridgehead atoms. The van der Waals surface area contributed by atoms with Crippen LogP contribution < -0.4 is 5.32 Å². The molecule has 0 spiro atoms. The van der Waals surface area contributed by atoms with Gasteiger partial charge in [0.15, 0.2) is 0 Å². The number of amides is 2. The average Bonchev–Trinajstić information content (AvgIpc) is 2.48. The highest BCUT2D eigenvalue weighted by molar-refractivity contribution is 5.85. The maximum atomic E-state index is 12.4. The molecule has 0 radical (unpaired) electrons. The summed E-state index contributed by atoms with van der Waals surface area (Å²) < 4.78 is 0. The number of hydrogen-bond acceptors (Lipinski definition) is 2. The third-order valence-corrected chi connectivity index (χ3v) is 4.15. The monoisotopic (exact) mass is 288 g/mol. The average molecular weight is 288 g/mol. The van der Waals surface area contributed by atoms with Gasteiger partial charge in [0.25, 0.3) is 0 Å². The van der Waals surface area contributed by atoms with Crippen LogP contribution in [0.1, 0.15) is 43.9 Å². The molecular weight excluding hydrogens is 264 g/mol. The number of aryl methyl sites for hydroxylation is 1. The molecule has 1 aromatic rings. The molecule has 1 N–H and O–H groups in total. The normalized spacial score (nSPS) is 22.2. The molecule has 1 heterocycles. The lowest BCUT2D eigenvalue weighted by Gasteiger charge is -2.40. The first-order valence-corrected chi connectivity index (χ1v) is 7.72. The quantitative estimate of drug-likeness (QED) is 0.925. The minimum Gasteiger partial charge on any atom is -0.356 e. The van der Waals surface area contributed by atoms with Crippen LogP contribution in [0.5, 0.6) is 0 Å². The third kappa shape index (κ3) is 3.26. The van der Waals surface area contributed by atoms with E-state index in [4.69, 9.17) is 0 Å². The van der Waals surface area contributed by atoms with Crippen LogP contribution in [0.2, 0.25) is 0 Å². The lowest BCUT2D eigenvalue weighted by Crippen LogP contribution is -2.47. The van der Waals surface area contributed by atoms with Gasteiger partial charge in [-0.15, -0.1) is 0 Å². The van der Waals surface area contributed by atoms with Crippen molar-refractivity contribution in [2.75, 3.05) is 13.1 Å². The van der Waals surface area contributed by atoms with Crippen molar-refractivity contribution >= 4 is 11.8 Å². The molecule has 1 aliphatic rings. The van der Waals surface area contributed by atoms with Crippen LogP contribution in [0.3, 0.4) is 0 Å². The van der Waals surface area contributed by atoms with Crippen LogP contribution in [0.15, 0.2) is 24.3 Å². The summed E-state index contributed by atoms with van der Waals surface area (Å²) >= 11 is 0. The molecule has 2 atom stereocenters. The zero-order valence-corrected chi connectivity index (χ0v) is 13.1. The minimum atomic E-state index is -0.162. The summed E-state index contributed by atoms with van der Waals surface area (Å²) in [6.07, 6.45) is 1.08. The molecule has 0 saturated carbocycles. The first kappa shape index (κ1) is 15.5. The van der Waals surface area contributed by atoms with Crippen LogP contribution in [0, 0.1) is 12.8 Å². The predicted octanol–water partition coefficient (Wildman–Crippen LogP) is 2.43. The fourth-order valence-electron chi connectivity index (χ4n) is 3.08. The number of piperidine rings is 1. The van der Waals surface area contributed by atoms with Gasteiger partial charge in [-0.1, -0.05) is 29.8 Å². The van der Waals surface area contributed by atoms with E-state index in [0.717, 1.165) is 5.56 Å². The summed E-state index contributed by atoms with van der Waals surface area (Å²) in [6, 6.07) is 8.00. The van der Waals surface area contributed by atoms with Crippen LogP contribution in [-0.2, 0) is 9.59 Å². The van der Waals surface area contributed by atoms with Gasteiger partial charge in [-0.05, 0) is 32.8 Å². The molecule has 1 fully saturated rings. The molecule has 4 nitrogen and oxygen atoms in total. The molecule has 2 amide bonds. The standard InChI is InChI=1S/C17H24N2O2/c1-4-18-17(21)14-10-11-15(20)19(5-2)16(14)13-8-6-12(3)7-9-13/h6-9,14,16H,4-5,10-11H2,1-3H3,(H,18,21)/t14-,16+/m1/s1. The topological polar surface area (TPSA) is 49.4 Å². The Labute approximate surface area is 126 Å². The van der Waals surface area contributed by atoms with Gasteiger partial charge in [0, 0.05) is 19.5 Å². The fraction of sp³-hybridized carbons (Fsp3) is 0.529. The SMILES string of the molecule is CCNC(=O)[C@@H]1CCC(=O)N(CC)[C@H]1c1ccc(C)cc1. The van der Waals surface area contributed by atoms with E-state index in [1.54, 1.807) is 0 Å². The summed E-state index contributed by atoms with van der Waals surface area (Å²) in [6.45, 7) is 7.18. The van der Waals surface area contributed by atoms with Crippen LogP contribution >= 0.6 is 0 Å². The van der Waals surface area contributed by atoms with E-state index < -0.39 is 0 Å². The smallest absolute Gasteiger partial charge is 0.225 e. The highest BCUT2D eigenvalue weighted by Crippen LogP contribution is 2.36. The van der Waals surface area contributed by atoms with Crippen LogP contribution in [0.4, 0.5) is 0 Å². The van der Waals surface area contributed by atoms with Crippen molar-refractivity contribution in [2.45, 2.75) is 39.7 Å². The van der Waals surface area contributed by atoms with E-state index in [2.05, 4.69) is 5.32 Å². The molecular formula is C17H24N2O2. The Kier molecular flexibility index (Phi) is 4.99. The predicted molar refractivity (Wildman–Crippen MR) is 82.7 cm³/mol. The molecule has 0 unspecified atom stereocenters. The minimum absolute atomic E-state index is 0.0500. The van der Waals surface area contributed by atoms with Gasteiger partial charge in [0.05, 0.1) is 12.0 Å². The number of hydrogen-bond donors (Lipinski definition) is 1. The molecule has 4 heteroatoms. The summed E-state index contributed by atoms with van der Waals surface area (Å²) in [4.78, 5) is 26.4. The number of nitrogens with one attached hydrogen (secondary N) is 1. The Morgan fingerprint density at radius 2 is 1.95 bits per heavy atom. The maximum absolute atomic E-state index is 12.4. The summed E-state index contributed by atoms with van der Waals surface area (Å²) in [5, 5.41) is 2.91.